The molecule has 0 unspecified atom stereocenters. The number of aryl methyl sites for hydroxylation is 2. The van der Waals surface area contributed by atoms with E-state index in [0.717, 1.165) is 30.5 Å². The summed E-state index contributed by atoms with van der Waals surface area (Å²) in [7, 11) is 0. The van der Waals surface area contributed by atoms with E-state index in [-0.39, 0.29) is 17.9 Å². The Kier molecular flexibility index (Phi) is 7.45. The molecular formula is C31H32N4O2. The van der Waals surface area contributed by atoms with Gasteiger partial charge in [0.05, 0.1) is 11.3 Å². The molecule has 0 atom stereocenters. The lowest BCUT2D eigenvalue weighted by atomic mass is 10.0. The van der Waals surface area contributed by atoms with Crippen LogP contribution in [-0.4, -0.2) is 45.6 Å². The number of benzene rings is 3. The Hall–Kier alpha value is -4.19. The number of amides is 2. The minimum absolute atomic E-state index is 0.0222. The first-order chi connectivity index (χ1) is 18.1. The minimum atomic E-state index is -0.0222. The van der Waals surface area contributed by atoms with Crippen LogP contribution < -0.4 is 5.32 Å². The van der Waals surface area contributed by atoms with Crippen molar-refractivity contribution in [2.45, 2.75) is 38.6 Å². The average Bonchev–Trinajstić information content (AvgIpc) is 3.39. The maximum absolute atomic E-state index is 13.7. The van der Waals surface area contributed by atoms with Crippen molar-refractivity contribution in [3.05, 3.63) is 108 Å². The van der Waals surface area contributed by atoms with E-state index in [1.807, 2.05) is 103 Å². The third-order valence-electron chi connectivity index (χ3n) is 6.92. The largest absolute Gasteiger partial charge is 0.353 e. The Balaban J connectivity index is 1.25. The minimum Gasteiger partial charge on any atom is -0.353 e. The van der Waals surface area contributed by atoms with Gasteiger partial charge >= 0.3 is 0 Å². The average molecular weight is 493 g/mol. The van der Waals surface area contributed by atoms with E-state index in [1.165, 1.54) is 11.1 Å². The molecule has 0 aliphatic carbocycles. The maximum Gasteiger partial charge on any atom is 0.257 e. The van der Waals surface area contributed by atoms with Crippen molar-refractivity contribution in [1.82, 2.24) is 20.0 Å². The van der Waals surface area contributed by atoms with Crippen LogP contribution in [0.5, 0.6) is 0 Å². The predicted molar refractivity (Wildman–Crippen MR) is 146 cm³/mol. The van der Waals surface area contributed by atoms with Gasteiger partial charge in [0.15, 0.2) is 0 Å². The number of piperidine rings is 1. The highest BCUT2D eigenvalue weighted by Crippen LogP contribution is 2.26. The van der Waals surface area contributed by atoms with Crippen molar-refractivity contribution in [3.8, 4) is 16.9 Å². The van der Waals surface area contributed by atoms with Gasteiger partial charge in [-0.1, -0.05) is 78.4 Å². The van der Waals surface area contributed by atoms with Gasteiger partial charge in [0.2, 0.25) is 5.91 Å². The van der Waals surface area contributed by atoms with Crippen LogP contribution in [0.3, 0.4) is 0 Å². The molecule has 0 bridgehead atoms. The molecule has 2 heterocycles. The fourth-order valence-corrected chi connectivity index (χ4v) is 4.77. The standard InChI is InChI=1S/C31H32N4O2/c1-23-12-15-27(16-13-23)35-22-28(30(33-35)25-10-6-3-7-11-25)31(37)34-20-18-26(19-21-34)32-29(36)17-14-24-8-4-2-5-9-24/h2-13,15-16,22,26H,14,17-21H2,1H3,(H,32,36). The van der Waals surface area contributed by atoms with Gasteiger partial charge in [-0.15, -0.1) is 0 Å². The van der Waals surface area contributed by atoms with Gasteiger partial charge in [0.1, 0.15) is 5.69 Å². The van der Waals surface area contributed by atoms with Gasteiger partial charge in [-0.2, -0.15) is 5.10 Å². The first-order valence-corrected chi connectivity index (χ1v) is 12.9. The third kappa shape index (κ3) is 5.97. The molecule has 6 heteroatoms. The van der Waals surface area contributed by atoms with E-state index < -0.39 is 0 Å². The molecule has 1 fully saturated rings. The summed E-state index contributed by atoms with van der Waals surface area (Å²) in [5.41, 5.74) is 5.44. The first-order valence-electron chi connectivity index (χ1n) is 12.9. The number of nitrogens with one attached hydrogen (secondary N) is 1. The highest BCUT2D eigenvalue weighted by Gasteiger charge is 2.28. The second-order valence-corrected chi connectivity index (χ2v) is 9.66. The van der Waals surface area contributed by atoms with E-state index in [0.29, 0.717) is 30.8 Å². The molecule has 5 rings (SSSR count). The van der Waals surface area contributed by atoms with Crippen LogP contribution in [0.15, 0.2) is 91.1 Å². The molecule has 0 spiro atoms. The normalized spacial score (nSPS) is 13.9. The van der Waals surface area contributed by atoms with Crippen molar-refractivity contribution >= 4 is 11.8 Å². The lowest BCUT2D eigenvalue weighted by Crippen LogP contribution is -2.46. The second kappa shape index (κ2) is 11.2. The zero-order valence-corrected chi connectivity index (χ0v) is 21.1. The number of carbonyl (C=O) groups is 2. The Morgan fingerprint density at radius 3 is 2.22 bits per heavy atom. The van der Waals surface area contributed by atoms with Crippen molar-refractivity contribution in [2.24, 2.45) is 0 Å². The van der Waals surface area contributed by atoms with Gasteiger partial charge in [-0.25, -0.2) is 4.68 Å². The van der Waals surface area contributed by atoms with Crippen LogP contribution in [0.25, 0.3) is 16.9 Å². The fraction of sp³-hybridized carbons (Fsp3) is 0.258. The zero-order valence-electron chi connectivity index (χ0n) is 21.1. The van der Waals surface area contributed by atoms with Gasteiger partial charge in [0, 0.05) is 37.3 Å². The Bertz CT molecular complexity index is 1340. The summed E-state index contributed by atoms with van der Waals surface area (Å²) in [6.45, 7) is 3.26. The number of rotatable bonds is 7. The number of likely N-dealkylation sites (tertiary alicyclic amines) is 1. The maximum atomic E-state index is 13.7. The summed E-state index contributed by atoms with van der Waals surface area (Å²) in [5, 5.41) is 7.97. The molecule has 0 radical (unpaired) electrons. The third-order valence-corrected chi connectivity index (χ3v) is 6.92. The van der Waals surface area contributed by atoms with Crippen molar-refractivity contribution in [1.29, 1.82) is 0 Å². The lowest BCUT2D eigenvalue weighted by molar-refractivity contribution is -0.122. The molecule has 37 heavy (non-hydrogen) atoms. The van der Waals surface area contributed by atoms with Gasteiger partial charge in [-0.05, 0) is 43.9 Å². The van der Waals surface area contributed by atoms with Gasteiger partial charge in [0.25, 0.3) is 5.91 Å². The molecule has 6 nitrogen and oxygen atoms in total. The topological polar surface area (TPSA) is 67.2 Å². The highest BCUT2D eigenvalue weighted by molar-refractivity contribution is 6.00. The fourth-order valence-electron chi connectivity index (χ4n) is 4.77. The number of hydrogen-bond acceptors (Lipinski definition) is 3. The molecule has 3 aromatic carbocycles. The van der Waals surface area contributed by atoms with Gasteiger partial charge in [-0.3, -0.25) is 9.59 Å². The van der Waals surface area contributed by atoms with E-state index >= 15 is 0 Å². The SMILES string of the molecule is Cc1ccc(-n2cc(C(=O)N3CCC(NC(=O)CCc4ccccc4)CC3)c(-c3ccccc3)n2)cc1. The summed E-state index contributed by atoms with van der Waals surface area (Å²) in [4.78, 5) is 28.0. The Morgan fingerprint density at radius 2 is 1.54 bits per heavy atom. The smallest absolute Gasteiger partial charge is 0.257 e. The number of carbonyl (C=O) groups excluding carboxylic acids is 2. The molecule has 1 aliphatic heterocycles. The molecule has 2 amide bonds. The predicted octanol–water partition coefficient (Wildman–Crippen LogP) is 5.20. The van der Waals surface area contributed by atoms with Crippen LogP contribution >= 0.6 is 0 Å². The monoisotopic (exact) mass is 492 g/mol. The molecule has 188 valence electrons. The molecular weight excluding hydrogens is 460 g/mol. The summed E-state index contributed by atoms with van der Waals surface area (Å²) < 4.78 is 1.79. The summed E-state index contributed by atoms with van der Waals surface area (Å²) in [6.07, 6.45) is 4.54. The van der Waals surface area contributed by atoms with E-state index in [2.05, 4.69) is 5.32 Å². The summed E-state index contributed by atoms with van der Waals surface area (Å²) in [5.74, 6) is 0.0467. The van der Waals surface area contributed by atoms with Crippen LogP contribution in [0.2, 0.25) is 0 Å². The number of aromatic nitrogens is 2. The van der Waals surface area contributed by atoms with E-state index in [9.17, 15) is 9.59 Å². The van der Waals surface area contributed by atoms with Crippen LogP contribution in [0.1, 0.15) is 40.7 Å². The molecule has 1 aromatic heterocycles. The van der Waals surface area contributed by atoms with Gasteiger partial charge < -0.3 is 10.2 Å². The van der Waals surface area contributed by atoms with E-state index in [4.69, 9.17) is 5.10 Å². The summed E-state index contributed by atoms with van der Waals surface area (Å²) >= 11 is 0. The van der Waals surface area contributed by atoms with Crippen molar-refractivity contribution in [2.75, 3.05) is 13.1 Å². The second-order valence-electron chi connectivity index (χ2n) is 9.66. The van der Waals surface area contributed by atoms with Crippen LogP contribution in [0, 0.1) is 6.92 Å². The quantitative estimate of drug-likeness (QED) is 0.386. The zero-order chi connectivity index (χ0) is 25.6. The van der Waals surface area contributed by atoms with Crippen LogP contribution in [0.4, 0.5) is 0 Å². The Morgan fingerprint density at radius 1 is 0.892 bits per heavy atom. The summed E-state index contributed by atoms with van der Waals surface area (Å²) in [6, 6.07) is 28.1. The Labute approximate surface area is 217 Å². The van der Waals surface area contributed by atoms with E-state index in [1.54, 1.807) is 4.68 Å². The molecule has 0 saturated carbocycles. The lowest BCUT2D eigenvalue weighted by Gasteiger charge is -2.32. The molecule has 4 aromatic rings. The first kappa shape index (κ1) is 24.5. The van der Waals surface area contributed by atoms with Crippen molar-refractivity contribution < 1.29 is 9.59 Å². The molecule has 1 N–H and O–H groups in total. The number of nitrogens with zero attached hydrogens (tertiary/aromatic N) is 3. The molecule has 1 saturated heterocycles. The molecule has 1 aliphatic rings. The van der Waals surface area contributed by atoms with Crippen molar-refractivity contribution in [3.63, 3.8) is 0 Å². The highest BCUT2D eigenvalue weighted by atomic mass is 16.2. The number of hydrogen-bond donors (Lipinski definition) is 1. The van der Waals surface area contributed by atoms with Crippen LogP contribution in [-0.2, 0) is 11.2 Å².